The summed E-state index contributed by atoms with van der Waals surface area (Å²) in [6.45, 7) is 2.34. The molecular formula is C27H25N5O3. The number of carbonyl (C=O) groups is 1. The van der Waals surface area contributed by atoms with Crippen LogP contribution >= 0.6 is 0 Å². The van der Waals surface area contributed by atoms with E-state index in [1.807, 2.05) is 73.7 Å². The van der Waals surface area contributed by atoms with E-state index in [-0.39, 0.29) is 11.7 Å². The van der Waals surface area contributed by atoms with Gasteiger partial charge in [-0.05, 0) is 54.4 Å². The molecule has 0 fully saturated rings. The number of nitrogens with two attached hydrogens (primary N) is 1. The Balaban J connectivity index is 1.65. The van der Waals surface area contributed by atoms with Crippen LogP contribution in [0.2, 0.25) is 0 Å². The number of nitrogens with one attached hydrogen (secondary N) is 1. The Bertz CT molecular complexity index is 1570. The summed E-state index contributed by atoms with van der Waals surface area (Å²) < 4.78 is 12.6. The fourth-order valence-electron chi connectivity index (χ4n) is 4.18. The molecule has 0 radical (unpaired) electrons. The number of rotatable bonds is 6. The van der Waals surface area contributed by atoms with E-state index >= 15 is 0 Å². The monoisotopic (exact) mass is 467 g/mol. The van der Waals surface area contributed by atoms with Crippen LogP contribution in [0.15, 0.2) is 66.7 Å². The smallest absolute Gasteiger partial charge is 0.261 e. The van der Waals surface area contributed by atoms with Crippen molar-refractivity contribution in [3.63, 3.8) is 0 Å². The van der Waals surface area contributed by atoms with Crippen molar-refractivity contribution >= 4 is 39.6 Å². The molecule has 2 aromatic heterocycles. The summed E-state index contributed by atoms with van der Waals surface area (Å²) in [4.78, 5) is 23.0. The number of aromatic nitrogens is 3. The summed E-state index contributed by atoms with van der Waals surface area (Å²) in [7, 11) is 3.18. The number of hydrogen-bond donors (Lipinski definition) is 2. The Morgan fingerprint density at radius 2 is 1.69 bits per heavy atom. The lowest BCUT2D eigenvalue weighted by atomic mass is 10.2. The maximum atomic E-state index is 13.4. The van der Waals surface area contributed by atoms with Crippen LogP contribution in [0, 0.1) is 6.92 Å². The molecule has 0 aliphatic rings. The number of nitrogens with zero attached hydrogens (tertiary/aromatic N) is 3. The molecule has 5 rings (SSSR count). The predicted molar refractivity (Wildman–Crippen MR) is 137 cm³/mol. The largest absolute Gasteiger partial charge is 0.493 e. The van der Waals surface area contributed by atoms with E-state index in [1.165, 1.54) is 0 Å². The second-order valence-corrected chi connectivity index (χ2v) is 8.24. The van der Waals surface area contributed by atoms with Gasteiger partial charge in [-0.15, -0.1) is 0 Å². The number of benzene rings is 3. The van der Waals surface area contributed by atoms with Crippen LogP contribution in [0.4, 0.5) is 11.5 Å². The van der Waals surface area contributed by atoms with Crippen LogP contribution in [0.3, 0.4) is 0 Å². The maximum Gasteiger partial charge on any atom is 0.261 e. The van der Waals surface area contributed by atoms with Crippen LogP contribution < -0.4 is 20.5 Å². The summed E-state index contributed by atoms with van der Waals surface area (Å²) in [5.41, 5.74) is 11.9. The molecule has 0 bridgehead atoms. The number of hydrogen-bond acceptors (Lipinski definition) is 6. The molecule has 35 heavy (non-hydrogen) atoms. The molecule has 0 saturated carbocycles. The lowest BCUT2D eigenvalue weighted by molar-refractivity contribution is 0.102. The number of para-hydroxylation sites is 2. The van der Waals surface area contributed by atoms with E-state index in [4.69, 9.17) is 25.2 Å². The number of amides is 1. The third-order valence-electron chi connectivity index (χ3n) is 5.88. The first-order chi connectivity index (χ1) is 17.0. The summed E-state index contributed by atoms with van der Waals surface area (Å²) in [6.07, 6.45) is 0. The summed E-state index contributed by atoms with van der Waals surface area (Å²) in [5, 5.41) is 2.95. The van der Waals surface area contributed by atoms with Crippen molar-refractivity contribution in [3.05, 3.63) is 83.4 Å². The van der Waals surface area contributed by atoms with Gasteiger partial charge in [-0.3, -0.25) is 4.79 Å². The van der Waals surface area contributed by atoms with Crippen molar-refractivity contribution in [2.24, 2.45) is 0 Å². The number of fused-ring (bicyclic) bond motifs is 2. The van der Waals surface area contributed by atoms with Crippen molar-refractivity contribution < 1.29 is 14.3 Å². The minimum atomic E-state index is -0.339. The van der Waals surface area contributed by atoms with E-state index in [0.29, 0.717) is 46.0 Å². The summed E-state index contributed by atoms with van der Waals surface area (Å²) in [5.74, 6) is 1.18. The van der Waals surface area contributed by atoms with Gasteiger partial charge in [-0.1, -0.05) is 30.3 Å². The SMILES string of the molecule is COc1ccc(Cn2c(N)c(C(=O)Nc3cccc(C)c3)c3nc4ccccc4nc32)cc1OC. The molecule has 8 nitrogen and oxygen atoms in total. The second kappa shape index (κ2) is 8.98. The van der Waals surface area contributed by atoms with Crippen LogP contribution in [0.1, 0.15) is 21.5 Å². The third kappa shape index (κ3) is 4.10. The number of carbonyl (C=O) groups excluding carboxylic acids is 1. The molecule has 176 valence electrons. The molecule has 0 saturated heterocycles. The lowest BCUT2D eigenvalue weighted by Gasteiger charge is -2.12. The molecule has 0 atom stereocenters. The van der Waals surface area contributed by atoms with Crippen molar-refractivity contribution in [1.29, 1.82) is 0 Å². The van der Waals surface area contributed by atoms with Crippen molar-refractivity contribution in [2.75, 3.05) is 25.3 Å². The number of nitrogen functional groups attached to an aromatic ring is 1. The molecule has 5 aromatic rings. The van der Waals surface area contributed by atoms with E-state index in [9.17, 15) is 4.79 Å². The minimum Gasteiger partial charge on any atom is -0.493 e. The standard InChI is InChI=1S/C27H25N5O3/c1-16-7-6-8-18(13-16)29-27(33)23-24-26(31-20-10-5-4-9-19(20)30-24)32(25(23)28)15-17-11-12-21(34-2)22(14-17)35-3/h4-14H,15,28H2,1-3H3,(H,29,33). The van der Waals surface area contributed by atoms with Gasteiger partial charge in [-0.2, -0.15) is 0 Å². The zero-order valence-corrected chi connectivity index (χ0v) is 19.7. The first-order valence-electron chi connectivity index (χ1n) is 11.1. The highest BCUT2D eigenvalue weighted by molar-refractivity contribution is 6.16. The van der Waals surface area contributed by atoms with Crippen molar-refractivity contribution in [3.8, 4) is 11.5 Å². The molecule has 0 spiro atoms. The van der Waals surface area contributed by atoms with Crippen LogP contribution in [-0.2, 0) is 6.54 Å². The average molecular weight is 468 g/mol. The van der Waals surface area contributed by atoms with Gasteiger partial charge in [0.1, 0.15) is 16.9 Å². The van der Waals surface area contributed by atoms with E-state index < -0.39 is 0 Å². The van der Waals surface area contributed by atoms with Crippen LogP contribution in [0.5, 0.6) is 11.5 Å². The number of aryl methyl sites for hydroxylation is 1. The van der Waals surface area contributed by atoms with Crippen LogP contribution in [-0.4, -0.2) is 34.7 Å². The van der Waals surface area contributed by atoms with Gasteiger partial charge in [-0.25, -0.2) is 9.97 Å². The molecular weight excluding hydrogens is 442 g/mol. The highest BCUT2D eigenvalue weighted by Crippen LogP contribution is 2.32. The summed E-state index contributed by atoms with van der Waals surface area (Å²) in [6, 6.07) is 20.8. The third-order valence-corrected chi connectivity index (χ3v) is 5.88. The first-order valence-corrected chi connectivity index (χ1v) is 11.1. The normalized spacial score (nSPS) is 11.1. The Morgan fingerprint density at radius 1 is 0.943 bits per heavy atom. The quantitative estimate of drug-likeness (QED) is 0.372. The molecule has 8 heteroatoms. The number of anilines is 2. The van der Waals surface area contributed by atoms with Crippen LogP contribution in [0.25, 0.3) is 22.2 Å². The van der Waals surface area contributed by atoms with E-state index in [0.717, 1.165) is 16.6 Å². The zero-order valence-electron chi connectivity index (χ0n) is 19.7. The van der Waals surface area contributed by atoms with Gasteiger partial charge >= 0.3 is 0 Å². The van der Waals surface area contributed by atoms with Gasteiger partial charge in [0, 0.05) is 5.69 Å². The highest BCUT2D eigenvalue weighted by atomic mass is 16.5. The topological polar surface area (TPSA) is 104 Å². The van der Waals surface area contributed by atoms with Gasteiger partial charge < -0.3 is 25.1 Å². The Morgan fingerprint density at radius 3 is 2.40 bits per heavy atom. The Kier molecular flexibility index (Phi) is 5.70. The number of methoxy groups -OCH3 is 2. The fraction of sp³-hybridized carbons (Fsp3) is 0.148. The van der Waals surface area contributed by atoms with Gasteiger partial charge in [0.05, 0.1) is 31.8 Å². The average Bonchev–Trinajstić information content (AvgIpc) is 3.12. The Hall–Kier alpha value is -4.59. The summed E-state index contributed by atoms with van der Waals surface area (Å²) >= 11 is 0. The molecule has 0 aliphatic heterocycles. The first kappa shape index (κ1) is 22.2. The number of ether oxygens (including phenoxy) is 2. The molecule has 1 amide bonds. The van der Waals surface area contributed by atoms with Crippen molar-refractivity contribution in [1.82, 2.24) is 14.5 Å². The molecule has 2 heterocycles. The van der Waals surface area contributed by atoms with Gasteiger partial charge in [0.25, 0.3) is 5.91 Å². The molecule has 3 N–H and O–H groups in total. The predicted octanol–water partition coefficient (Wildman–Crippen LogP) is 4.79. The van der Waals surface area contributed by atoms with Crippen molar-refractivity contribution in [2.45, 2.75) is 13.5 Å². The second-order valence-electron chi connectivity index (χ2n) is 8.24. The van der Waals surface area contributed by atoms with E-state index in [2.05, 4.69) is 5.32 Å². The molecule has 3 aromatic carbocycles. The van der Waals surface area contributed by atoms with Gasteiger partial charge in [0.2, 0.25) is 0 Å². The lowest BCUT2D eigenvalue weighted by Crippen LogP contribution is -2.15. The van der Waals surface area contributed by atoms with Gasteiger partial charge in [0.15, 0.2) is 17.1 Å². The Labute approximate surface area is 202 Å². The maximum absolute atomic E-state index is 13.4. The molecule has 0 aliphatic carbocycles. The minimum absolute atomic E-state index is 0.287. The highest BCUT2D eigenvalue weighted by Gasteiger charge is 2.24. The molecule has 0 unspecified atom stereocenters. The fourth-order valence-corrected chi connectivity index (χ4v) is 4.18. The van der Waals surface area contributed by atoms with E-state index in [1.54, 1.807) is 18.8 Å². The zero-order chi connectivity index (χ0) is 24.5.